The maximum atomic E-state index is 12.4. The van der Waals surface area contributed by atoms with E-state index in [0.717, 1.165) is 5.56 Å². The number of carbonyl (C=O) groups is 2. The third-order valence-corrected chi connectivity index (χ3v) is 2.91. The number of nitrogens with two attached hydrogens (primary N) is 2. The first kappa shape index (κ1) is 14.6. The number of furan rings is 1. The van der Waals surface area contributed by atoms with Crippen LogP contribution in [0.4, 0.5) is 5.69 Å². The summed E-state index contributed by atoms with van der Waals surface area (Å²) < 4.78 is 5.30. The van der Waals surface area contributed by atoms with Gasteiger partial charge >= 0.3 is 0 Å². The summed E-state index contributed by atoms with van der Waals surface area (Å²) in [4.78, 5) is 24.9. The second kappa shape index (κ2) is 6.13. The lowest BCUT2D eigenvalue weighted by atomic mass is 10.2. The predicted octanol–water partition coefficient (Wildman–Crippen LogP) is 1.30. The van der Waals surface area contributed by atoms with E-state index in [1.807, 2.05) is 6.07 Å². The van der Waals surface area contributed by atoms with Crippen molar-refractivity contribution in [2.45, 2.75) is 13.5 Å². The van der Waals surface area contributed by atoms with Crippen molar-refractivity contribution in [2.75, 3.05) is 12.3 Å². The lowest BCUT2D eigenvalue weighted by molar-refractivity contribution is -0.118. The van der Waals surface area contributed by atoms with Gasteiger partial charge in [0.15, 0.2) is 5.76 Å². The Bertz CT molecular complexity index is 664. The highest BCUT2D eigenvalue weighted by Gasteiger charge is 2.20. The van der Waals surface area contributed by atoms with Gasteiger partial charge < -0.3 is 20.8 Å². The first-order valence-electron chi connectivity index (χ1n) is 6.44. The molecule has 1 aromatic heterocycles. The molecule has 0 atom stereocenters. The smallest absolute Gasteiger partial charge is 0.290 e. The summed E-state index contributed by atoms with van der Waals surface area (Å²) in [6.45, 7) is 1.78. The Morgan fingerprint density at radius 3 is 2.57 bits per heavy atom. The second-order valence-corrected chi connectivity index (χ2v) is 4.78. The standard InChI is InChI=1S/C15H17N3O3/c1-10-5-6-13(21-10)15(20)18(9-14(17)19)8-11-3-2-4-12(16)7-11/h2-7H,8-9,16H2,1H3,(H2,17,19). The van der Waals surface area contributed by atoms with Crippen LogP contribution in [0.25, 0.3) is 0 Å². The fourth-order valence-corrected chi connectivity index (χ4v) is 2.00. The maximum absolute atomic E-state index is 12.4. The molecule has 110 valence electrons. The first-order valence-corrected chi connectivity index (χ1v) is 6.44. The molecule has 6 nitrogen and oxygen atoms in total. The Morgan fingerprint density at radius 2 is 2.00 bits per heavy atom. The predicted molar refractivity (Wildman–Crippen MR) is 78.2 cm³/mol. The van der Waals surface area contributed by atoms with E-state index in [0.29, 0.717) is 11.4 Å². The van der Waals surface area contributed by atoms with Gasteiger partial charge in [0.05, 0.1) is 0 Å². The molecule has 0 aliphatic carbocycles. The fraction of sp³-hybridized carbons (Fsp3) is 0.200. The minimum atomic E-state index is -0.587. The normalized spacial score (nSPS) is 10.3. The van der Waals surface area contributed by atoms with Gasteiger partial charge in [-0.2, -0.15) is 0 Å². The van der Waals surface area contributed by atoms with Crippen LogP contribution in [0.5, 0.6) is 0 Å². The van der Waals surface area contributed by atoms with Crippen molar-refractivity contribution in [1.82, 2.24) is 4.90 Å². The molecule has 0 bridgehead atoms. The Kier molecular flexibility index (Phi) is 4.27. The number of rotatable bonds is 5. The van der Waals surface area contributed by atoms with Crippen LogP contribution in [0, 0.1) is 6.92 Å². The molecular weight excluding hydrogens is 270 g/mol. The number of anilines is 1. The van der Waals surface area contributed by atoms with Gasteiger partial charge in [-0.15, -0.1) is 0 Å². The van der Waals surface area contributed by atoms with E-state index in [-0.39, 0.29) is 24.8 Å². The van der Waals surface area contributed by atoms with Gasteiger partial charge in [-0.25, -0.2) is 0 Å². The number of nitrogen functional groups attached to an aromatic ring is 1. The molecule has 2 rings (SSSR count). The molecule has 6 heteroatoms. The zero-order valence-electron chi connectivity index (χ0n) is 11.7. The quantitative estimate of drug-likeness (QED) is 0.809. The molecule has 0 radical (unpaired) electrons. The number of aryl methyl sites for hydroxylation is 1. The van der Waals surface area contributed by atoms with Gasteiger partial charge in [-0.1, -0.05) is 12.1 Å². The van der Waals surface area contributed by atoms with Crippen LogP contribution in [0.2, 0.25) is 0 Å². The molecule has 0 fully saturated rings. The number of benzene rings is 1. The van der Waals surface area contributed by atoms with Crippen molar-refractivity contribution in [2.24, 2.45) is 5.73 Å². The van der Waals surface area contributed by atoms with Crippen molar-refractivity contribution in [1.29, 1.82) is 0 Å². The van der Waals surface area contributed by atoms with E-state index in [1.54, 1.807) is 37.3 Å². The minimum Gasteiger partial charge on any atom is -0.456 e. The van der Waals surface area contributed by atoms with E-state index in [1.165, 1.54) is 4.90 Å². The molecule has 2 aromatic rings. The van der Waals surface area contributed by atoms with Gasteiger partial charge in [0.2, 0.25) is 5.91 Å². The number of primary amides is 1. The molecule has 21 heavy (non-hydrogen) atoms. The van der Waals surface area contributed by atoms with E-state index >= 15 is 0 Å². The average molecular weight is 287 g/mol. The first-order chi connectivity index (χ1) is 9.95. The Balaban J connectivity index is 2.21. The molecule has 0 aliphatic heterocycles. The van der Waals surface area contributed by atoms with Crippen molar-refractivity contribution in [3.8, 4) is 0 Å². The van der Waals surface area contributed by atoms with Gasteiger partial charge in [-0.3, -0.25) is 9.59 Å². The summed E-state index contributed by atoms with van der Waals surface area (Å²) in [6, 6.07) is 10.4. The van der Waals surface area contributed by atoms with Gasteiger partial charge in [-0.05, 0) is 36.8 Å². The molecule has 0 saturated carbocycles. The minimum absolute atomic E-state index is 0.178. The van der Waals surface area contributed by atoms with Crippen molar-refractivity contribution in [3.63, 3.8) is 0 Å². The second-order valence-electron chi connectivity index (χ2n) is 4.78. The van der Waals surface area contributed by atoms with Crippen LogP contribution in [-0.4, -0.2) is 23.3 Å². The summed E-state index contributed by atoms with van der Waals surface area (Å²) >= 11 is 0. The van der Waals surface area contributed by atoms with Crippen LogP contribution < -0.4 is 11.5 Å². The molecule has 1 aromatic carbocycles. The molecule has 0 saturated heterocycles. The summed E-state index contributed by atoms with van der Waals surface area (Å²) in [5.41, 5.74) is 12.3. The zero-order valence-corrected chi connectivity index (χ0v) is 11.7. The molecule has 2 amide bonds. The Morgan fingerprint density at radius 1 is 1.24 bits per heavy atom. The van der Waals surface area contributed by atoms with E-state index in [9.17, 15) is 9.59 Å². The summed E-state index contributed by atoms with van der Waals surface area (Å²) in [5, 5.41) is 0. The highest BCUT2D eigenvalue weighted by atomic mass is 16.3. The van der Waals surface area contributed by atoms with Crippen LogP contribution in [-0.2, 0) is 11.3 Å². The van der Waals surface area contributed by atoms with E-state index < -0.39 is 5.91 Å². The zero-order chi connectivity index (χ0) is 15.4. The highest BCUT2D eigenvalue weighted by Crippen LogP contribution is 2.14. The maximum Gasteiger partial charge on any atom is 0.290 e. The lowest BCUT2D eigenvalue weighted by Crippen LogP contribution is -2.37. The topological polar surface area (TPSA) is 103 Å². The average Bonchev–Trinajstić information content (AvgIpc) is 2.83. The third-order valence-electron chi connectivity index (χ3n) is 2.91. The Labute approximate surface area is 122 Å². The van der Waals surface area contributed by atoms with Crippen molar-refractivity contribution < 1.29 is 14.0 Å². The van der Waals surface area contributed by atoms with Crippen LogP contribution in [0.1, 0.15) is 21.9 Å². The Hall–Kier alpha value is -2.76. The van der Waals surface area contributed by atoms with Crippen LogP contribution in [0.3, 0.4) is 0 Å². The monoisotopic (exact) mass is 287 g/mol. The number of nitrogens with zero attached hydrogens (tertiary/aromatic N) is 1. The van der Waals surface area contributed by atoms with E-state index in [2.05, 4.69) is 0 Å². The summed E-state index contributed by atoms with van der Waals surface area (Å²) in [7, 11) is 0. The van der Waals surface area contributed by atoms with Gasteiger partial charge in [0.1, 0.15) is 12.3 Å². The number of hydrogen-bond acceptors (Lipinski definition) is 4. The lowest BCUT2D eigenvalue weighted by Gasteiger charge is -2.20. The number of hydrogen-bond donors (Lipinski definition) is 2. The molecule has 0 unspecified atom stereocenters. The highest BCUT2D eigenvalue weighted by molar-refractivity contribution is 5.94. The largest absolute Gasteiger partial charge is 0.456 e. The van der Waals surface area contributed by atoms with Crippen LogP contribution >= 0.6 is 0 Å². The van der Waals surface area contributed by atoms with E-state index in [4.69, 9.17) is 15.9 Å². The summed E-state index contributed by atoms with van der Waals surface area (Å²) in [5.74, 6) is -0.168. The molecule has 0 aliphatic rings. The molecule has 0 spiro atoms. The summed E-state index contributed by atoms with van der Waals surface area (Å²) in [6.07, 6.45) is 0. The molecule has 4 N–H and O–H groups in total. The fourth-order valence-electron chi connectivity index (χ4n) is 2.00. The van der Waals surface area contributed by atoms with Crippen molar-refractivity contribution >= 4 is 17.5 Å². The van der Waals surface area contributed by atoms with Crippen molar-refractivity contribution in [3.05, 3.63) is 53.5 Å². The van der Waals surface area contributed by atoms with Gasteiger partial charge in [0.25, 0.3) is 5.91 Å². The number of carbonyl (C=O) groups excluding carboxylic acids is 2. The van der Waals surface area contributed by atoms with Crippen LogP contribution in [0.15, 0.2) is 40.8 Å². The SMILES string of the molecule is Cc1ccc(C(=O)N(CC(N)=O)Cc2cccc(N)c2)o1. The number of amides is 2. The third kappa shape index (κ3) is 3.85. The van der Waals surface area contributed by atoms with Gasteiger partial charge in [0, 0.05) is 12.2 Å². The molecular formula is C15H17N3O3. The molecule has 1 heterocycles.